The molecule has 2 aromatic rings. The molecule has 1 unspecified atom stereocenters. The zero-order valence-corrected chi connectivity index (χ0v) is 8.95. The number of aromatic nitrogens is 3. The molecule has 74 valence electrons. The molecule has 14 heavy (non-hydrogen) atoms. The second-order valence-corrected chi connectivity index (χ2v) is 4.41. The first-order valence-electron chi connectivity index (χ1n) is 4.34. The highest BCUT2D eigenvalue weighted by Crippen LogP contribution is 2.23. The summed E-state index contributed by atoms with van der Waals surface area (Å²) < 4.78 is 1.79. The maximum Gasteiger partial charge on any atom is 0.0897 e. The van der Waals surface area contributed by atoms with Crippen LogP contribution in [0.3, 0.4) is 0 Å². The molecule has 2 heterocycles. The lowest BCUT2D eigenvalue weighted by atomic mass is 10.2. The molecule has 5 heteroatoms. The largest absolute Gasteiger partial charge is 0.318 e. The summed E-state index contributed by atoms with van der Waals surface area (Å²) in [5, 5.41) is 5.13. The van der Waals surface area contributed by atoms with E-state index in [9.17, 15) is 0 Å². The van der Waals surface area contributed by atoms with Gasteiger partial charge in [0.15, 0.2) is 0 Å². The summed E-state index contributed by atoms with van der Waals surface area (Å²) >= 11 is 1.63. The van der Waals surface area contributed by atoms with Crippen LogP contribution in [0.1, 0.15) is 21.6 Å². The monoisotopic (exact) mass is 208 g/mol. The van der Waals surface area contributed by atoms with Crippen LogP contribution < -0.4 is 5.73 Å². The van der Waals surface area contributed by atoms with Crippen molar-refractivity contribution in [2.45, 2.75) is 13.0 Å². The Morgan fingerprint density at radius 2 is 2.36 bits per heavy atom. The summed E-state index contributed by atoms with van der Waals surface area (Å²) in [6.45, 7) is 1.98. The van der Waals surface area contributed by atoms with Gasteiger partial charge in [-0.25, -0.2) is 4.98 Å². The van der Waals surface area contributed by atoms with Gasteiger partial charge in [-0.15, -0.1) is 11.3 Å². The van der Waals surface area contributed by atoms with Crippen molar-refractivity contribution >= 4 is 11.3 Å². The molecule has 0 aliphatic carbocycles. The molecule has 0 saturated carbocycles. The lowest BCUT2D eigenvalue weighted by Crippen LogP contribution is -2.14. The van der Waals surface area contributed by atoms with E-state index < -0.39 is 0 Å². The molecular weight excluding hydrogens is 196 g/mol. The minimum Gasteiger partial charge on any atom is -0.318 e. The molecule has 0 saturated heterocycles. The van der Waals surface area contributed by atoms with Crippen molar-refractivity contribution in [1.29, 1.82) is 0 Å². The van der Waals surface area contributed by atoms with E-state index in [2.05, 4.69) is 10.1 Å². The average Bonchev–Trinajstić information content (AvgIpc) is 2.73. The Labute approximate surface area is 86.4 Å². The van der Waals surface area contributed by atoms with Crippen LogP contribution in [-0.2, 0) is 7.05 Å². The molecule has 0 aliphatic rings. The lowest BCUT2D eigenvalue weighted by molar-refractivity contribution is 0.677. The van der Waals surface area contributed by atoms with Gasteiger partial charge in [-0.1, -0.05) is 0 Å². The molecule has 0 spiro atoms. The molecule has 1 atom stereocenters. The predicted molar refractivity (Wildman–Crippen MR) is 56.1 cm³/mol. The molecule has 2 rings (SSSR count). The Morgan fingerprint density at radius 1 is 1.57 bits per heavy atom. The standard InChI is InChI=1S/C9H12N4S/c1-6-11-5-8(14-6)9(10)7-3-4-12-13(7)2/h3-5,9H,10H2,1-2H3. The van der Waals surface area contributed by atoms with E-state index in [1.54, 1.807) is 22.2 Å². The van der Waals surface area contributed by atoms with Crippen LogP contribution in [0.2, 0.25) is 0 Å². The molecule has 0 bridgehead atoms. The van der Waals surface area contributed by atoms with E-state index >= 15 is 0 Å². The first-order valence-corrected chi connectivity index (χ1v) is 5.16. The fourth-order valence-corrected chi connectivity index (χ4v) is 2.16. The van der Waals surface area contributed by atoms with Gasteiger partial charge in [0.1, 0.15) is 0 Å². The van der Waals surface area contributed by atoms with Gasteiger partial charge in [-0.2, -0.15) is 5.10 Å². The third-order valence-electron chi connectivity index (χ3n) is 2.12. The number of nitrogens with zero attached hydrogens (tertiary/aromatic N) is 3. The molecule has 2 aromatic heterocycles. The first kappa shape index (κ1) is 9.36. The zero-order valence-electron chi connectivity index (χ0n) is 8.14. The van der Waals surface area contributed by atoms with E-state index in [-0.39, 0.29) is 6.04 Å². The lowest BCUT2D eigenvalue weighted by Gasteiger charge is -2.08. The molecule has 0 aromatic carbocycles. The SMILES string of the molecule is Cc1ncc(C(N)c2ccnn2C)s1. The van der Waals surface area contributed by atoms with E-state index in [0.29, 0.717) is 0 Å². The van der Waals surface area contributed by atoms with Gasteiger partial charge in [0.2, 0.25) is 0 Å². The molecule has 0 amide bonds. The van der Waals surface area contributed by atoms with Crippen LogP contribution >= 0.6 is 11.3 Å². The van der Waals surface area contributed by atoms with Crippen molar-refractivity contribution in [2.75, 3.05) is 0 Å². The highest BCUT2D eigenvalue weighted by Gasteiger charge is 2.14. The van der Waals surface area contributed by atoms with Crippen LogP contribution in [0, 0.1) is 6.92 Å². The van der Waals surface area contributed by atoms with Gasteiger partial charge >= 0.3 is 0 Å². The number of rotatable bonds is 2. The maximum atomic E-state index is 6.08. The van der Waals surface area contributed by atoms with Crippen LogP contribution in [-0.4, -0.2) is 14.8 Å². The van der Waals surface area contributed by atoms with Gasteiger partial charge in [-0.3, -0.25) is 4.68 Å². The average molecular weight is 208 g/mol. The summed E-state index contributed by atoms with van der Waals surface area (Å²) in [5.74, 6) is 0. The molecule has 0 aliphatic heterocycles. The molecule has 4 nitrogen and oxygen atoms in total. The van der Waals surface area contributed by atoms with Crippen molar-refractivity contribution in [2.24, 2.45) is 12.8 Å². The zero-order chi connectivity index (χ0) is 10.1. The summed E-state index contributed by atoms with van der Waals surface area (Å²) in [6.07, 6.45) is 3.58. The molecule has 0 fully saturated rings. The summed E-state index contributed by atoms with van der Waals surface area (Å²) in [6, 6.07) is 1.81. The normalized spacial score (nSPS) is 13.1. The summed E-state index contributed by atoms with van der Waals surface area (Å²) in [4.78, 5) is 5.26. The van der Waals surface area contributed by atoms with Gasteiger partial charge in [-0.05, 0) is 13.0 Å². The van der Waals surface area contributed by atoms with Gasteiger partial charge in [0.25, 0.3) is 0 Å². The Bertz CT molecular complexity index is 431. The number of hydrogen-bond acceptors (Lipinski definition) is 4. The van der Waals surface area contributed by atoms with Crippen molar-refractivity contribution in [3.8, 4) is 0 Å². The minimum absolute atomic E-state index is 0.117. The molecule has 2 N–H and O–H groups in total. The highest BCUT2D eigenvalue weighted by molar-refractivity contribution is 7.11. The number of hydrogen-bond donors (Lipinski definition) is 1. The number of aryl methyl sites for hydroxylation is 2. The van der Waals surface area contributed by atoms with Gasteiger partial charge in [0.05, 0.1) is 16.7 Å². The fraction of sp³-hybridized carbons (Fsp3) is 0.333. The van der Waals surface area contributed by atoms with Crippen LogP contribution in [0.4, 0.5) is 0 Å². The quantitative estimate of drug-likeness (QED) is 0.807. The van der Waals surface area contributed by atoms with Crippen LogP contribution in [0.5, 0.6) is 0 Å². The predicted octanol–water partition coefficient (Wildman–Crippen LogP) is 1.23. The minimum atomic E-state index is -0.117. The Morgan fingerprint density at radius 3 is 2.86 bits per heavy atom. The Hall–Kier alpha value is -1.20. The van der Waals surface area contributed by atoms with Crippen molar-refractivity contribution in [3.05, 3.63) is 34.0 Å². The first-order chi connectivity index (χ1) is 6.68. The third kappa shape index (κ3) is 1.56. The van der Waals surface area contributed by atoms with Crippen LogP contribution in [0.25, 0.3) is 0 Å². The van der Waals surface area contributed by atoms with Gasteiger partial charge < -0.3 is 5.73 Å². The smallest absolute Gasteiger partial charge is 0.0897 e. The summed E-state index contributed by atoms with van der Waals surface area (Å²) in [5.41, 5.74) is 7.09. The summed E-state index contributed by atoms with van der Waals surface area (Å²) in [7, 11) is 1.89. The van der Waals surface area contributed by atoms with E-state index in [1.165, 1.54) is 0 Å². The molecule has 0 radical (unpaired) electrons. The highest BCUT2D eigenvalue weighted by atomic mass is 32.1. The Kier molecular flexibility index (Phi) is 2.35. The van der Waals surface area contributed by atoms with Crippen LogP contribution in [0.15, 0.2) is 18.5 Å². The number of nitrogens with two attached hydrogens (primary N) is 1. The van der Waals surface area contributed by atoms with Crippen molar-refractivity contribution in [3.63, 3.8) is 0 Å². The van der Waals surface area contributed by atoms with Crippen molar-refractivity contribution < 1.29 is 0 Å². The fourth-order valence-electron chi connectivity index (χ4n) is 1.36. The Balaban J connectivity index is 2.33. The second kappa shape index (κ2) is 3.51. The third-order valence-corrected chi connectivity index (χ3v) is 3.12. The number of thiazole rings is 1. The second-order valence-electron chi connectivity index (χ2n) is 3.14. The maximum absolute atomic E-state index is 6.08. The molecular formula is C9H12N4S. The van der Waals surface area contributed by atoms with E-state index in [1.807, 2.05) is 26.2 Å². The van der Waals surface area contributed by atoms with E-state index in [4.69, 9.17) is 5.73 Å². The van der Waals surface area contributed by atoms with Gasteiger partial charge in [0, 0.05) is 24.3 Å². The van der Waals surface area contributed by atoms with Crippen molar-refractivity contribution in [1.82, 2.24) is 14.8 Å². The van der Waals surface area contributed by atoms with E-state index in [0.717, 1.165) is 15.6 Å². The topological polar surface area (TPSA) is 56.7 Å².